The third kappa shape index (κ3) is 4.81. The van der Waals surface area contributed by atoms with E-state index >= 15 is 0 Å². The van der Waals surface area contributed by atoms with E-state index in [2.05, 4.69) is 5.32 Å². The first kappa shape index (κ1) is 20.2. The van der Waals surface area contributed by atoms with Gasteiger partial charge < -0.3 is 10.2 Å². The summed E-state index contributed by atoms with van der Waals surface area (Å²) < 4.78 is 26.6. The van der Waals surface area contributed by atoms with Crippen LogP contribution in [0.15, 0.2) is 29.2 Å². The van der Waals surface area contributed by atoms with Gasteiger partial charge in [0.05, 0.1) is 5.02 Å². The molecule has 1 aliphatic rings. The fraction of sp³-hybridized carbons (Fsp3) is 0.500. The van der Waals surface area contributed by atoms with Gasteiger partial charge in [-0.3, -0.25) is 4.79 Å². The van der Waals surface area contributed by atoms with Crippen LogP contribution in [0.3, 0.4) is 0 Å². The molecule has 0 radical (unpaired) electrons. The number of nitrogens with one attached hydrogen (secondary N) is 1. The number of hydrogen-bond acceptors (Lipinski definition) is 4. The van der Waals surface area contributed by atoms with E-state index in [9.17, 15) is 13.2 Å². The molecule has 0 bridgehead atoms. The van der Waals surface area contributed by atoms with Crippen molar-refractivity contribution in [2.24, 2.45) is 0 Å². The molecule has 1 aliphatic heterocycles. The molecular weight excluding hydrogens is 361 g/mol. The van der Waals surface area contributed by atoms with Crippen LogP contribution in [0.4, 0.5) is 0 Å². The lowest BCUT2D eigenvalue weighted by Crippen LogP contribution is -2.50. The van der Waals surface area contributed by atoms with Crippen molar-refractivity contribution in [1.29, 1.82) is 0 Å². The Bertz CT molecular complexity index is 632. The maximum absolute atomic E-state index is 12.6. The van der Waals surface area contributed by atoms with Gasteiger partial charge in [0, 0.05) is 39.1 Å². The fourth-order valence-electron chi connectivity index (χ4n) is 2.36. The van der Waals surface area contributed by atoms with E-state index in [4.69, 9.17) is 11.6 Å². The molecule has 0 unspecified atom stereocenters. The van der Waals surface area contributed by atoms with Crippen LogP contribution < -0.4 is 5.32 Å². The molecule has 0 aliphatic carbocycles. The zero-order valence-corrected chi connectivity index (χ0v) is 15.3. The van der Waals surface area contributed by atoms with E-state index in [0.717, 1.165) is 0 Å². The van der Waals surface area contributed by atoms with Crippen molar-refractivity contribution in [3.05, 3.63) is 29.3 Å². The van der Waals surface area contributed by atoms with Gasteiger partial charge in [0.25, 0.3) is 0 Å². The van der Waals surface area contributed by atoms with Crippen molar-refractivity contribution in [3.63, 3.8) is 0 Å². The normalized spacial score (nSPS) is 16.0. The van der Waals surface area contributed by atoms with Gasteiger partial charge in [-0.2, -0.15) is 4.31 Å². The van der Waals surface area contributed by atoms with Gasteiger partial charge in [0.1, 0.15) is 4.90 Å². The predicted molar refractivity (Wildman–Crippen MR) is 92.6 cm³/mol. The number of amides is 1. The summed E-state index contributed by atoms with van der Waals surface area (Å²) in [5.74, 6) is 0.0455. The van der Waals surface area contributed by atoms with Gasteiger partial charge in [-0.1, -0.05) is 23.7 Å². The molecular formula is C14H21Cl2N3O3S. The second-order valence-corrected chi connectivity index (χ2v) is 7.38. The van der Waals surface area contributed by atoms with Crippen LogP contribution in [-0.4, -0.2) is 63.3 Å². The van der Waals surface area contributed by atoms with Crippen molar-refractivity contribution in [2.75, 3.05) is 39.8 Å². The van der Waals surface area contributed by atoms with Gasteiger partial charge in [0.15, 0.2) is 0 Å². The fourth-order valence-corrected chi connectivity index (χ4v) is 4.28. The molecule has 1 aromatic carbocycles. The van der Waals surface area contributed by atoms with E-state index in [1.807, 2.05) is 0 Å². The lowest BCUT2D eigenvalue weighted by atomic mass is 10.3. The number of hydrogen-bond donors (Lipinski definition) is 1. The van der Waals surface area contributed by atoms with Gasteiger partial charge in [0.2, 0.25) is 15.9 Å². The molecule has 130 valence electrons. The summed E-state index contributed by atoms with van der Waals surface area (Å²) in [6.45, 7) is 2.02. The van der Waals surface area contributed by atoms with Crippen molar-refractivity contribution in [2.45, 2.75) is 11.3 Å². The minimum atomic E-state index is -3.61. The lowest BCUT2D eigenvalue weighted by Gasteiger charge is -2.34. The molecule has 1 heterocycles. The Morgan fingerprint density at radius 3 is 2.39 bits per heavy atom. The largest absolute Gasteiger partial charge is 0.340 e. The highest BCUT2D eigenvalue weighted by atomic mass is 35.5. The molecule has 23 heavy (non-hydrogen) atoms. The summed E-state index contributed by atoms with van der Waals surface area (Å²) in [4.78, 5) is 13.8. The van der Waals surface area contributed by atoms with Crippen LogP contribution in [0.25, 0.3) is 0 Å². The molecule has 9 heteroatoms. The van der Waals surface area contributed by atoms with Gasteiger partial charge in [-0.05, 0) is 19.2 Å². The van der Waals surface area contributed by atoms with E-state index < -0.39 is 10.0 Å². The number of rotatable bonds is 5. The number of sulfonamides is 1. The molecule has 1 saturated heterocycles. The summed E-state index contributed by atoms with van der Waals surface area (Å²) in [5.41, 5.74) is 0. The summed E-state index contributed by atoms with van der Waals surface area (Å²) in [6, 6.07) is 6.41. The maximum Gasteiger partial charge on any atom is 0.244 e. The van der Waals surface area contributed by atoms with Crippen molar-refractivity contribution < 1.29 is 13.2 Å². The van der Waals surface area contributed by atoms with Crippen LogP contribution in [0.2, 0.25) is 5.02 Å². The minimum Gasteiger partial charge on any atom is -0.340 e. The number of carbonyl (C=O) groups excluding carboxylic acids is 1. The highest BCUT2D eigenvalue weighted by Gasteiger charge is 2.31. The average molecular weight is 382 g/mol. The number of piperazine rings is 1. The lowest BCUT2D eigenvalue weighted by molar-refractivity contribution is -0.132. The third-order valence-corrected chi connectivity index (χ3v) is 6.03. The molecule has 1 amide bonds. The zero-order valence-electron chi connectivity index (χ0n) is 12.9. The molecule has 1 fully saturated rings. The molecule has 1 N–H and O–H groups in total. The SMILES string of the molecule is CNCCC(=O)N1CCN(S(=O)(=O)c2ccccc2Cl)CC1.Cl. The third-order valence-electron chi connectivity index (χ3n) is 3.63. The Balaban J connectivity index is 0.00000264. The number of benzene rings is 1. The van der Waals surface area contributed by atoms with Crippen LogP contribution in [-0.2, 0) is 14.8 Å². The molecule has 2 rings (SSSR count). The zero-order chi connectivity index (χ0) is 16.2. The monoisotopic (exact) mass is 381 g/mol. The smallest absolute Gasteiger partial charge is 0.244 e. The van der Waals surface area contributed by atoms with Crippen molar-refractivity contribution >= 4 is 39.9 Å². The van der Waals surface area contributed by atoms with Gasteiger partial charge in [-0.25, -0.2) is 8.42 Å². The molecule has 0 atom stereocenters. The highest BCUT2D eigenvalue weighted by Crippen LogP contribution is 2.25. The first-order valence-corrected chi connectivity index (χ1v) is 8.95. The topological polar surface area (TPSA) is 69.7 Å². The summed E-state index contributed by atoms with van der Waals surface area (Å²) in [7, 11) is -1.81. The van der Waals surface area contributed by atoms with Gasteiger partial charge >= 0.3 is 0 Å². The van der Waals surface area contributed by atoms with E-state index in [-0.39, 0.29) is 28.2 Å². The van der Waals surface area contributed by atoms with Gasteiger partial charge in [-0.15, -0.1) is 12.4 Å². The Labute approximate surface area is 148 Å². The van der Waals surface area contributed by atoms with Crippen molar-refractivity contribution in [1.82, 2.24) is 14.5 Å². The second kappa shape index (κ2) is 8.84. The molecule has 0 aromatic heterocycles. The summed E-state index contributed by atoms with van der Waals surface area (Å²) >= 11 is 5.99. The van der Waals surface area contributed by atoms with E-state index in [0.29, 0.717) is 39.1 Å². The molecule has 0 saturated carbocycles. The molecule has 0 spiro atoms. The first-order chi connectivity index (χ1) is 10.5. The molecule has 1 aromatic rings. The second-order valence-electron chi connectivity index (χ2n) is 5.07. The minimum absolute atomic E-state index is 0. The van der Waals surface area contributed by atoms with Crippen LogP contribution in [0.1, 0.15) is 6.42 Å². The maximum atomic E-state index is 12.6. The van der Waals surface area contributed by atoms with Crippen LogP contribution in [0.5, 0.6) is 0 Å². The summed E-state index contributed by atoms with van der Waals surface area (Å²) in [5, 5.41) is 3.15. The quantitative estimate of drug-likeness (QED) is 0.831. The van der Waals surface area contributed by atoms with E-state index in [1.54, 1.807) is 30.1 Å². The number of halogens is 2. The Kier molecular flexibility index (Phi) is 7.76. The highest BCUT2D eigenvalue weighted by molar-refractivity contribution is 7.89. The number of carbonyl (C=O) groups is 1. The van der Waals surface area contributed by atoms with Crippen molar-refractivity contribution in [3.8, 4) is 0 Å². The number of nitrogens with zero attached hydrogens (tertiary/aromatic N) is 2. The standard InChI is InChI=1S/C14H20ClN3O3S.ClH/c1-16-7-6-14(19)17-8-10-18(11-9-17)22(20,21)13-5-3-2-4-12(13)15;/h2-5,16H,6-11H2,1H3;1H. The Morgan fingerprint density at radius 2 is 1.83 bits per heavy atom. The van der Waals surface area contributed by atoms with Crippen LogP contribution >= 0.6 is 24.0 Å². The molecule has 6 nitrogen and oxygen atoms in total. The van der Waals surface area contributed by atoms with Crippen LogP contribution in [0, 0.1) is 0 Å². The van der Waals surface area contributed by atoms with E-state index in [1.165, 1.54) is 10.4 Å². The Hall–Kier alpha value is -0.860. The Morgan fingerprint density at radius 1 is 1.22 bits per heavy atom. The first-order valence-electron chi connectivity index (χ1n) is 7.14. The average Bonchev–Trinajstić information content (AvgIpc) is 2.53. The predicted octanol–water partition coefficient (Wildman–Crippen LogP) is 1.20. The summed E-state index contributed by atoms with van der Waals surface area (Å²) in [6.07, 6.45) is 0.424.